The van der Waals surface area contributed by atoms with Crippen LogP contribution in [0.3, 0.4) is 0 Å². The van der Waals surface area contributed by atoms with E-state index in [1.807, 2.05) is 48.5 Å². The molecule has 11 heteroatoms. The molecule has 3 unspecified atom stereocenters. The van der Waals surface area contributed by atoms with E-state index in [0.717, 1.165) is 15.8 Å². The SMILES string of the molecule is Nc1nc(Cl)c(-c2nc3ccc(OCc4ccccc4)cc3s2)c(NC2(O)CCC(CO)C2O)n1. The second-order valence-electron chi connectivity index (χ2n) is 8.49. The highest BCUT2D eigenvalue weighted by Crippen LogP contribution is 2.42. The maximum atomic E-state index is 11.0. The second kappa shape index (κ2) is 9.56. The number of nitrogens with two attached hydrogens (primary N) is 1. The molecule has 5 rings (SSSR count). The first kappa shape index (κ1) is 23.7. The van der Waals surface area contributed by atoms with Gasteiger partial charge in [0.25, 0.3) is 0 Å². The highest BCUT2D eigenvalue weighted by atomic mass is 35.5. The molecule has 182 valence electrons. The first-order valence-electron chi connectivity index (χ1n) is 11.1. The molecule has 2 aromatic heterocycles. The molecule has 0 amide bonds. The zero-order valence-corrected chi connectivity index (χ0v) is 20.1. The van der Waals surface area contributed by atoms with Gasteiger partial charge in [0.15, 0.2) is 5.72 Å². The number of benzene rings is 2. The van der Waals surface area contributed by atoms with Crippen molar-refractivity contribution in [3.63, 3.8) is 0 Å². The summed E-state index contributed by atoms with van der Waals surface area (Å²) in [5, 5.41) is 34.5. The standard InChI is InChI=1S/C24H24ClN5O4S/c25-20-18(21(29-23(26)28-20)30-24(33)9-8-14(11-31)19(24)32)22-27-16-7-6-15(10-17(16)35-22)34-12-13-4-2-1-3-5-13/h1-7,10,14,19,31-33H,8-9,11-12H2,(H3,26,28,29,30). The van der Waals surface area contributed by atoms with Gasteiger partial charge >= 0.3 is 0 Å². The number of halogens is 1. The van der Waals surface area contributed by atoms with Gasteiger partial charge in [-0.25, -0.2) is 9.97 Å². The summed E-state index contributed by atoms with van der Waals surface area (Å²) in [6.45, 7) is 0.205. The van der Waals surface area contributed by atoms with Gasteiger partial charge in [-0.05, 0) is 36.6 Å². The lowest BCUT2D eigenvalue weighted by molar-refractivity contribution is -0.0545. The van der Waals surface area contributed by atoms with E-state index in [0.29, 0.717) is 29.3 Å². The van der Waals surface area contributed by atoms with Crippen LogP contribution in [0.15, 0.2) is 48.5 Å². The molecule has 2 aromatic carbocycles. The molecule has 1 saturated carbocycles. The van der Waals surface area contributed by atoms with E-state index < -0.39 is 17.7 Å². The van der Waals surface area contributed by atoms with Crippen LogP contribution in [-0.4, -0.2) is 48.7 Å². The lowest BCUT2D eigenvalue weighted by Gasteiger charge is -2.30. The number of nitrogen functional groups attached to an aromatic ring is 1. The largest absolute Gasteiger partial charge is 0.489 e. The van der Waals surface area contributed by atoms with Crippen LogP contribution in [0, 0.1) is 5.92 Å². The minimum atomic E-state index is -1.71. The van der Waals surface area contributed by atoms with Crippen molar-refractivity contribution in [1.82, 2.24) is 15.0 Å². The van der Waals surface area contributed by atoms with Crippen molar-refractivity contribution in [2.45, 2.75) is 31.3 Å². The van der Waals surface area contributed by atoms with Crippen molar-refractivity contribution in [1.29, 1.82) is 0 Å². The highest BCUT2D eigenvalue weighted by Gasteiger charge is 2.47. The van der Waals surface area contributed by atoms with Gasteiger partial charge < -0.3 is 31.1 Å². The molecule has 9 nitrogen and oxygen atoms in total. The normalized spacial score (nSPS) is 21.9. The first-order chi connectivity index (χ1) is 16.9. The van der Waals surface area contributed by atoms with Crippen LogP contribution in [0.5, 0.6) is 5.75 Å². The maximum Gasteiger partial charge on any atom is 0.223 e. The zero-order valence-electron chi connectivity index (χ0n) is 18.6. The Hall–Kier alpha value is -3.02. The molecule has 1 fully saturated rings. The van der Waals surface area contributed by atoms with E-state index in [1.54, 1.807) is 0 Å². The number of fused-ring (bicyclic) bond motifs is 1. The lowest BCUT2D eigenvalue weighted by atomic mass is 10.0. The summed E-state index contributed by atoms with van der Waals surface area (Å²) in [5.41, 5.74) is 6.28. The van der Waals surface area contributed by atoms with Gasteiger partial charge in [0, 0.05) is 12.5 Å². The molecule has 2 heterocycles. The zero-order chi connectivity index (χ0) is 24.6. The van der Waals surface area contributed by atoms with Crippen LogP contribution in [0.4, 0.5) is 11.8 Å². The number of aromatic nitrogens is 3. The Kier molecular flexibility index (Phi) is 6.47. The predicted molar refractivity (Wildman–Crippen MR) is 135 cm³/mol. The molecule has 0 aliphatic heterocycles. The van der Waals surface area contributed by atoms with Crippen LogP contribution < -0.4 is 15.8 Å². The smallest absolute Gasteiger partial charge is 0.223 e. The van der Waals surface area contributed by atoms with Gasteiger partial charge in [0.2, 0.25) is 5.95 Å². The summed E-state index contributed by atoms with van der Waals surface area (Å²) in [7, 11) is 0. The molecule has 1 aliphatic carbocycles. The van der Waals surface area contributed by atoms with Crippen molar-refractivity contribution in [2.75, 3.05) is 17.7 Å². The van der Waals surface area contributed by atoms with E-state index in [2.05, 4.69) is 20.3 Å². The third-order valence-corrected chi connectivity index (χ3v) is 7.41. The van der Waals surface area contributed by atoms with E-state index >= 15 is 0 Å². The van der Waals surface area contributed by atoms with Crippen molar-refractivity contribution in [3.05, 3.63) is 59.2 Å². The molecule has 0 radical (unpaired) electrons. The van der Waals surface area contributed by atoms with E-state index in [-0.39, 0.29) is 29.9 Å². The molecule has 6 N–H and O–H groups in total. The third kappa shape index (κ3) is 4.75. The van der Waals surface area contributed by atoms with Crippen molar-refractivity contribution in [2.24, 2.45) is 5.92 Å². The number of nitrogens with zero attached hydrogens (tertiary/aromatic N) is 3. The number of ether oxygens (including phenoxy) is 1. The minimum Gasteiger partial charge on any atom is -0.489 e. The number of aliphatic hydroxyl groups is 3. The Morgan fingerprint density at radius 1 is 1.17 bits per heavy atom. The molecule has 4 aromatic rings. The number of rotatable bonds is 7. The van der Waals surface area contributed by atoms with Crippen molar-refractivity contribution >= 4 is 44.9 Å². The Bertz CT molecular complexity index is 1350. The number of hydrogen-bond donors (Lipinski definition) is 5. The van der Waals surface area contributed by atoms with Crippen LogP contribution in [0.25, 0.3) is 20.8 Å². The first-order valence-corrected chi connectivity index (χ1v) is 12.3. The van der Waals surface area contributed by atoms with Crippen molar-refractivity contribution < 1.29 is 20.1 Å². The summed E-state index contributed by atoms with van der Waals surface area (Å²) in [5.74, 6) is 0.311. The Morgan fingerprint density at radius 2 is 1.97 bits per heavy atom. The van der Waals surface area contributed by atoms with Crippen molar-refractivity contribution in [3.8, 4) is 16.3 Å². The van der Waals surface area contributed by atoms with E-state index in [4.69, 9.17) is 22.1 Å². The summed E-state index contributed by atoms with van der Waals surface area (Å²) < 4.78 is 6.80. The molecule has 0 bridgehead atoms. The molecule has 0 spiro atoms. The molecule has 1 aliphatic rings. The summed E-state index contributed by atoms with van der Waals surface area (Å²) in [6.07, 6.45) is -0.546. The molecular formula is C24H24ClN5O4S. The number of anilines is 2. The Labute approximate surface area is 210 Å². The van der Waals surface area contributed by atoms with Gasteiger partial charge in [-0.1, -0.05) is 41.9 Å². The predicted octanol–water partition coefficient (Wildman–Crippen LogP) is 3.43. The molecular weight excluding hydrogens is 490 g/mol. The van der Waals surface area contributed by atoms with Crippen LogP contribution in [0.2, 0.25) is 5.15 Å². The van der Waals surface area contributed by atoms with Crippen LogP contribution in [-0.2, 0) is 6.61 Å². The lowest BCUT2D eigenvalue weighted by Crippen LogP contribution is -2.48. The average Bonchev–Trinajstić information content (AvgIpc) is 3.38. The Balaban J connectivity index is 1.46. The third-order valence-electron chi connectivity index (χ3n) is 6.11. The maximum absolute atomic E-state index is 11.0. The van der Waals surface area contributed by atoms with E-state index in [9.17, 15) is 15.3 Å². The summed E-state index contributed by atoms with van der Waals surface area (Å²) in [4.78, 5) is 13.0. The van der Waals surface area contributed by atoms with E-state index in [1.165, 1.54) is 11.3 Å². The second-order valence-corrected chi connectivity index (χ2v) is 9.88. The number of aliphatic hydroxyl groups excluding tert-OH is 2. The fourth-order valence-electron chi connectivity index (χ4n) is 4.21. The van der Waals surface area contributed by atoms with Gasteiger partial charge in [0.05, 0.1) is 15.8 Å². The summed E-state index contributed by atoms with van der Waals surface area (Å²) >= 11 is 7.82. The molecule has 35 heavy (non-hydrogen) atoms. The van der Waals surface area contributed by atoms with Gasteiger partial charge in [-0.15, -0.1) is 11.3 Å². The van der Waals surface area contributed by atoms with Crippen LogP contribution >= 0.6 is 22.9 Å². The topological polar surface area (TPSA) is 147 Å². The minimum absolute atomic E-state index is 0.0643. The van der Waals surface area contributed by atoms with Crippen LogP contribution in [0.1, 0.15) is 18.4 Å². The molecule has 3 atom stereocenters. The number of hydrogen-bond acceptors (Lipinski definition) is 10. The fourth-order valence-corrected chi connectivity index (χ4v) is 5.57. The van der Waals surface area contributed by atoms with Gasteiger partial charge in [0.1, 0.15) is 34.4 Å². The van der Waals surface area contributed by atoms with Gasteiger partial charge in [-0.3, -0.25) is 0 Å². The summed E-state index contributed by atoms with van der Waals surface area (Å²) in [6, 6.07) is 15.5. The monoisotopic (exact) mass is 513 g/mol. The van der Waals surface area contributed by atoms with Gasteiger partial charge in [-0.2, -0.15) is 4.98 Å². The Morgan fingerprint density at radius 3 is 2.71 bits per heavy atom. The molecule has 0 saturated heterocycles. The number of thiazole rings is 1. The fraction of sp³-hybridized carbons (Fsp3) is 0.292. The average molecular weight is 514 g/mol. The number of nitrogens with one attached hydrogen (secondary N) is 1. The highest BCUT2D eigenvalue weighted by molar-refractivity contribution is 7.21. The quantitative estimate of drug-likeness (QED) is 0.185.